The Balaban J connectivity index is 1.97. The molecule has 27 heavy (non-hydrogen) atoms. The van der Waals surface area contributed by atoms with Gasteiger partial charge in [-0.1, -0.05) is 45.2 Å². The van der Waals surface area contributed by atoms with Crippen LogP contribution < -0.4 is 4.74 Å². The summed E-state index contributed by atoms with van der Waals surface area (Å²) in [5.41, 5.74) is 0.766. The molecule has 0 saturated heterocycles. The third kappa shape index (κ3) is 4.32. The van der Waals surface area contributed by atoms with E-state index >= 15 is 0 Å². The van der Waals surface area contributed by atoms with Crippen molar-refractivity contribution in [2.24, 2.45) is 0 Å². The van der Waals surface area contributed by atoms with Crippen LogP contribution >= 0.6 is 39.1 Å². The number of para-hydroxylation sites is 1. The van der Waals surface area contributed by atoms with Gasteiger partial charge in [0.05, 0.1) is 15.6 Å². The standard InChI is InChI=1S/C18H11BrCl2N2O4/c19-10-4-5-15(27-9-16(24)25)11(8-10)18(26)14-6-7-23(22-14)17-12(20)2-1-3-13(17)21/h1-8H,9H2,(H,24,25). The molecule has 6 nitrogen and oxygen atoms in total. The van der Waals surface area contributed by atoms with Gasteiger partial charge in [-0.2, -0.15) is 5.10 Å². The second-order valence-electron chi connectivity index (χ2n) is 5.37. The van der Waals surface area contributed by atoms with Gasteiger partial charge >= 0.3 is 5.97 Å². The Morgan fingerprint density at radius 3 is 2.52 bits per heavy atom. The summed E-state index contributed by atoms with van der Waals surface area (Å²) in [6.45, 7) is -0.564. The zero-order valence-electron chi connectivity index (χ0n) is 13.5. The number of aliphatic carboxylic acids is 1. The molecule has 2 aromatic carbocycles. The minimum atomic E-state index is -1.14. The quantitative estimate of drug-likeness (QED) is 0.532. The van der Waals surface area contributed by atoms with Gasteiger partial charge in [0.1, 0.15) is 17.1 Å². The first-order valence-electron chi connectivity index (χ1n) is 7.55. The first kappa shape index (κ1) is 19.4. The van der Waals surface area contributed by atoms with Crippen molar-refractivity contribution in [1.82, 2.24) is 9.78 Å². The molecule has 0 aliphatic carbocycles. The topological polar surface area (TPSA) is 81.4 Å². The lowest BCUT2D eigenvalue weighted by atomic mass is 10.1. The number of hydrogen-bond donors (Lipinski definition) is 1. The van der Waals surface area contributed by atoms with Crippen LogP contribution in [0, 0.1) is 0 Å². The van der Waals surface area contributed by atoms with Gasteiger partial charge in [-0.25, -0.2) is 9.48 Å². The van der Waals surface area contributed by atoms with Crippen LogP contribution in [0.5, 0.6) is 5.75 Å². The van der Waals surface area contributed by atoms with Crippen LogP contribution in [-0.2, 0) is 4.79 Å². The SMILES string of the molecule is O=C(O)COc1ccc(Br)cc1C(=O)c1ccn(-c2c(Cl)cccc2Cl)n1. The summed E-state index contributed by atoms with van der Waals surface area (Å²) in [4.78, 5) is 23.6. The van der Waals surface area contributed by atoms with E-state index in [2.05, 4.69) is 21.0 Å². The number of hydrogen-bond acceptors (Lipinski definition) is 4. The number of rotatable bonds is 6. The van der Waals surface area contributed by atoms with Gasteiger partial charge in [-0.05, 0) is 36.4 Å². The van der Waals surface area contributed by atoms with Crippen LogP contribution in [0.3, 0.4) is 0 Å². The maximum atomic E-state index is 12.9. The van der Waals surface area contributed by atoms with Crippen molar-refractivity contribution in [2.75, 3.05) is 6.61 Å². The highest BCUT2D eigenvalue weighted by Gasteiger charge is 2.20. The van der Waals surface area contributed by atoms with E-state index in [1.165, 1.54) is 16.8 Å². The lowest BCUT2D eigenvalue weighted by Gasteiger charge is -2.09. The Kier molecular flexibility index (Phi) is 5.84. The number of ether oxygens (including phenoxy) is 1. The van der Waals surface area contributed by atoms with Gasteiger partial charge < -0.3 is 9.84 Å². The number of benzene rings is 2. The van der Waals surface area contributed by atoms with E-state index in [0.717, 1.165) is 0 Å². The zero-order chi connectivity index (χ0) is 19.6. The molecule has 0 aliphatic heterocycles. The van der Waals surface area contributed by atoms with E-state index in [1.54, 1.807) is 36.5 Å². The second kappa shape index (κ2) is 8.12. The molecule has 0 unspecified atom stereocenters. The normalized spacial score (nSPS) is 10.6. The maximum absolute atomic E-state index is 12.9. The van der Waals surface area contributed by atoms with Gasteiger partial charge in [-0.3, -0.25) is 4.79 Å². The molecule has 0 fully saturated rings. The predicted octanol–water partition coefficient (Wildman–Crippen LogP) is 4.64. The highest BCUT2D eigenvalue weighted by Crippen LogP contribution is 2.29. The highest BCUT2D eigenvalue weighted by molar-refractivity contribution is 9.10. The molecule has 0 atom stereocenters. The molecule has 0 aliphatic rings. The fourth-order valence-electron chi connectivity index (χ4n) is 2.36. The maximum Gasteiger partial charge on any atom is 0.341 e. The second-order valence-corrected chi connectivity index (χ2v) is 7.10. The number of carboxylic acids is 1. The Morgan fingerprint density at radius 1 is 1.15 bits per heavy atom. The number of carbonyl (C=O) groups excluding carboxylic acids is 1. The number of carbonyl (C=O) groups is 2. The summed E-state index contributed by atoms with van der Waals surface area (Å²) >= 11 is 15.6. The monoisotopic (exact) mass is 468 g/mol. The van der Waals surface area contributed by atoms with Gasteiger partial charge in [0, 0.05) is 10.7 Å². The van der Waals surface area contributed by atoms with Crippen molar-refractivity contribution in [1.29, 1.82) is 0 Å². The van der Waals surface area contributed by atoms with Gasteiger partial charge in [0.15, 0.2) is 6.61 Å². The molecule has 1 heterocycles. The molecule has 1 aromatic heterocycles. The molecular formula is C18H11BrCl2N2O4. The molecule has 3 aromatic rings. The molecule has 1 N–H and O–H groups in total. The van der Waals surface area contributed by atoms with E-state index in [0.29, 0.717) is 20.2 Å². The molecule has 0 amide bonds. The number of aromatic nitrogens is 2. The fourth-order valence-corrected chi connectivity index (χ4v) is 3.29. The Hall–Kier alpha value is -2.35. The van der Waals surface area contributed by atoms with Crippen molar-refractivity contribution >= 4 is 50.9 Å². The number of ketones is 1. The van der Waals surface area contributed by atoms with Crippen LogP contribution in [0.1, 0.15) is 16.1 Å². The lowest BCUT2D eigenvalue weighted by Crippen LogP contribution is -2.13. The molecule has 0 saturated carbocycles. The average Bonchev–Trinajstić information content (AvgIpc) is 3.09. The van der Waals surface area contributed by atoms with E-state index < -0.39 is 18.4 Å². The molecule has 9 heteroatoms. The van der Waals surface area contributed by atoms with Crippen molar-refractivity contribution in [3.05, 3.63) is 74.4 Å². The average molecular weight is 470 g/mol. The minimum Gasteiger partial charge on any atom is -0.481 e. The Labute approximate surface area is 172 Å². The van der Waals surface area contributed by atoms with Gasteiger partial charge in [-0.15, -0.1) is 0 Å². The van der Waals surface area contributed by atoms with Crippen LogP contribution in [0.2, 0.25) is 10.0 Å². The van der Waals surface area contributed by atoms with Crippen LogP contribution in [0.4, 0.5) is 0 Å². The molecule has 3 rings (SSSR count). The summed E-state index contributed by atoms with van der Waals surface area (Å²) in [6, 6.07) is 11.3. The number of nitrogens with zero attached hydrogens (tertiary/aromatic N) is 2. The minimum absolute atomic E-state index is 0.129. The molecule has 0 bridgehead atoms. The summed E-state index contributed by atoms with van der Waals surface area (Å²) < 4.78 is 7.26. The summed E-state index contributed by atoms with van der Waals surface area (Å²) in [5, 5.41) is 13.8. The number of halogens is 3. The van der Waals surface area contributed by atoms with Crippen molar-refractivity contribution < 1.29 is 19.4 Å². The van der Waals surface area contributed by atoms with Crippen LogP contribution in [0.15, 0.2) is 53.1 Å². The third-order valence-electron chi connectivity index (χ3n) is 3.53. The summed E-state index contributed by atoms with van der Waals surface area (Å²) in [5.74, 6) is -1.43. The molecular weight excluding hydrogens is 459 g/mol. The van der Waals surface area contributed by atoms with Crippen molar-refractivity contribution in [3.63, 3.8) is 0 Å². The summed E-state index contributed by atoms with van der Waals surface area (Å²) in [6.07, 6.45) is 1.57. The Bertz CT molecular complexity index is 1020. The lowest BCUT2D eigenvalue weighted by molar-refractivity contribution is -0.139. The fraction of sp³-hybridized carbons (Fsp3) is 0.0556. The molecule has 0 spiro atoms. The van der Waals surface area contributed by atoms with E-state index in [1.807, 2.05) is 0 Å². The van der Waals surface area contributed by atoms with Crippen LogP contribution in [-0.4, -0.2) is 33.2 Å². The van der Waals surface area contributed by atoms with Crippen molar-refractivity contribution in [3.8, 4) is 11.4 Å². The molecule has 138 valence electrons. The summed E-state index contributed by atoms with van der Waals surface area (Å²) in [7, 11) is 0. The third-order valence-corrected chi connectivity index (χ3v) is 4.63. The van der Waals surface area contributed by atoms with Crippen LogP contribution in [0.25, 0.3) is 5.69 Å². The Morgan fingerprint density at radius 2 is 1.85 bits per heavy atom. The smallest absolute Gasteiger partial charge is 0.341 e. The molecule has 0 radical (unpaired) electrons. The van der Waals surface area contributed by atoms with Crippen molar-refractivity contribution in [2.45, 2.75) is 0 Å². The van der Waals surface area contributed by atoms with E-state index in [4.69, 9.17) is 33.0 Å². The van der Waals surface area contributed by atoms with Gasteiger partial charge in [0.2, 0.25) is 5.78 Å². The largest absolute Gasteiger partial charge is 0.481 e. The highest BCUT2D eigenvalue weighted by atomic mass is 79.9. The first-order chi connectivity index (χ1) is 12.9. The predicted molar refractivity (Wildman–Crippen MR) is 104 cm³/mol. The zero-order valence-corrected chi connectivity index (χ0v) is 16.6. The first-order valence-corrected chi connectivity index (χ1v) is 9.10. The van der Waals surface area contributed by atoms with E-state index in [-0.39, 0.29) is 17.0 Å². The number of carboxylic acid groups (broad SMARTS) is 1. The van der Waals surface area contributed by atoms with E-state index in [9.17, 15) is 9.59 Å². The van der Waals surface area contributed by atoms with Gasteiger partial charge in [0.25, 0.3) is 0 Å².